The summed E-state index contributed by atoms with van der Waals surface area (Å²) >= 11 is 0. The Morgan fingerprint density at radius 1 is 1.21 bits per heavy atom. The van der Waals surface area contributed by atoms with Crippen LogP contribution in [0.4, 0.5) is 0 Å². The van der Waals surface area contributed by atoms with E-state index in [9.17, 15) is 4.79 Å². The topological polar surface area (TPSA) is 80.7 Å². The predicted molar refractivity (Wildman–Crippen MR) is 104 cm³/mol. The number of carbonyl (C=O) groups excluding carboxylic acids is 1. The fourth-order valence-corrected chi connectivity index (χ4v) is 2.88. The number of amides is 1. The van der Waals surface area contributed by atoms with E-state index in [0.717, 1.165) is 22.8 Å². The van der Waals surface area contributed by atoms with E-state index in [0.29, 0.717) is 24.5 Å². The van der Waals surface area contributed by atoms with Crippen LogP contribution in [0.15, 0.2) is 51.6 Å². The normalized spacial score (nSPS) is 12.2. The molecule has 0 spiro atoms. The van der Waals surface area contributed by atoms with Crippen LogP contribution in [0.5, 0.6) is 5.75 Å². The Hall–Kier alpha value is -3.06. The molecule has 0 aliphatic rings. The molecule has 0 radical (unpaired) electrons. The number of aromatic nitrogens is 1. The molecule has 0 saturated heterocycles. The van der Waals surface area contributed by atoms with Gasteiger partial charge in [0.2, 0.25) is 0 Å². The number of benzene rings is 1. The second kappa shape index (κ2) is 8.75. The Morgan fingerprint density at radius 3 is 2.54 bits per heavy atom. The molecule has 2 aromatic heterocycles. The average Bonchev–Trinajstić information content (AvgIpc) is 3.31. The lowest BCUT2D eigenvalue weighted by molar-refractivity contribution is 0.0939. The van der Waals surface area contributed by atoms with Gasteiger partial charge in [-0.2, -0.15) is 0 Å². The number of carbonyl (C=O) groups is 1. The van der Waals surface area contributed by atoms with Gasteiger partial charge in [0.15, 0.2) is 0 Å². The first kappa shape index (κ1) is 19.7. The van der Waals surface area contributed by atoms with Crippen LogP contribution in [0.25, 0.3) is 0 Å². The number of ether oxygens (including phenoxy) is 1. The maximum absolute atomic E-state index is 12.5. The van der Waals surface area contributed by atoms with Crippen molar-refractivity contribution in [3.8, 4) is 5.75 Å². The number of furan rings is 1. The van der Waals surface area contributed by atoms with Gasteiger partial charge in [-0.15, -0.1) is 0 Å². The molecule has 2 heterocycles. The van der Waals surface area contributed by atoms with E-state index >= 15 is 0 Å². The molecule has 0 bridgehead atoms. The summed E-state index contributed by atoms with van der Waals surface area (Å²) < 4.78 is 16.4. The molecular formula is C21H25N3O4. The molecule has 0 saturated carbocycles. The molecule has 0 aliphatic carbocycles. The largest absolute Gasteiger partial charge is 0.489 e. The molecular weight excluding hydrogens is 358 g/mol. The molecule has 1 N–H and O–H groups in total. The zero-order valence-corrected chi connectivity index (χ0v) is 16.6. The maximum Gasteiger partial charge on any atom is 0.251 e. The summed E-state index contributed by atoms with van der Waals surface area (Å²) in [7, 11) is 3.90. The monoisotopic (exact) mass is 383 g/mol. The van der Waals surface area contributed by atoms with Crippen LogP contribution in [-0.4, -0.2) is 36.6 Å². The number of hydrogen-bond acceptors (Lipinski definition) is 6. The van der Waals surface area contributed by atoms with Crippen molar-refractivity contribution >= 4 is 5.91 Å². The Morgan fingerprint density at radius 2 is 1.96 bits per heavy atom. The molecule has 7 nitrogen and oxygen atoms in total. The highest BCUT2D eigenvalue weighted by Crippen LogP contribution is 2.19. The van der Waals surface area contributed by atoms with E-state index in [2.05, 4.69) is 10.5 Å². The average molecular weight is 383 g/mol. The van der Waals surface area contributed by atoms with E-state index in [4.69, 9.17) is 13.7 Å². The molecule has 1 aromatic carbocycles. The molecule has 1 atom stereocenters. The van der Waals surface area contributed by atoms with Gasteiger partial charge in [0.1, 0.15) is 23.9 Å². The van der Waals surface area contributed by atoms with Crippen molar-refractivity contribution in [2.45, 2.75) is 26.5 Å². The fourth-order valence-electron chi connectivity index (χ4n) is 2.88. The van der Waals surface area contributed by atoms with Crippen molar-refractivity contribution < 1.29 is 18.5 Å². The van der Waals surface area contributed by atoms with Crippen molar-refractivity contribution in [1.29, 1.82) is 0 Å². The van der Waals surface area contributed by atoms with Crippen molar-refractivity contribution in [2.24, 2.45) is 0 Å². The van der Waals surface area contributed by atoms with E-state index in [1.807, 2.05) is 45.0 Å². The van der Waals surface area contributed by atoms with Crippen molar-refractivity contribution in [1.82, 2.24) is 15.4 Å². The summed E-state index contributed by atoms with van der Waals surface area (Å²) in [5, 5.41) is 6.87. The number of nitrogens with one attached hydrogen (secondary N) is 1. The summed E-state index contributed by atoms with van der Waals surface area (Å²) in [4.78, 5) is 14.5. The molecule has 0 aliphatic heterocycles. The lowest BCUT2D eigenvalue weighted by Crippen LogP contribution is -2.34. The van der Waals surface area contributed by atoms with Crippen LogP contribution >= 0.6 is 0 Å². The Labute approximate surface area is 164 Å². The second-order valence-electron chi connectivity index (χ2n) is 6.82. The number of likely N-dealkylation sites (N-methyl/N-ethyl adjacent to an activating group) is 1. The van der Waals surface area contributed by atoms with Gasteiger partial charge in [0.05, 0.1) is 23.6 Å². The van der Waals surface area contributed by atoms with Crippen LogP contribution in [0.1, 0.15) is 39.2 Å². The first-order chi connectivity index (χ1) is 13.5. The van der Waals surface area contributed by atoms with Gasteiger partial charge in [0, 0.05) is 12.1 Å². The van der Waals surface area contributed by atoms with Crippen LogP contribution < -0.4 is 10.1 Å². The molecule has 28 heavy (non-hydrogen) atoms. The molecule has 3 rings (SSSR count). The summed E-state index contributed by atoms with van der Waals surface area (Å²) in [5.41, 5.74) is 2.33. The van der Waals surface area contributed by atoms with Crippen LogP contribution in [0, 0.1) is 13.8 Å². The Kier molecular flexibility index (Phi) is 6.16. The quantitative estimate of drug-likeness (QED) is 0.641. The van der Waals surface area contributed by atoms with Crippen molar-refractivity contribution in [3.05, 3.63) is 71.0 Å². The molecule has 7 heteroatoms. The van der Waals surface area contributed by atoms with Gasteiger partial charge in [-0.3, -0.25) is 9.69 Å². The summed E-state index contributed by atoms with van der Waals surface area (Å²) in [5.74, 6) is 2.10. The van der Waals surface area contributed by atoms with E-state index in [1.165, 1.54) is 0 Å². The minimum Gasteiger partial charge on any atom is -0.489 e. The smallest absolute Gasteiger partial charge is 0.251 e. The van der Waals surface area contributed by atoms with Gasteiger partial charge >= 0.3 is 0 Å². The van der Waals surface area contributed by atoms with Gasteiger partial charge < -0.3 is 19.0 Å². The van der Waals surface area contributed by atoms with Gasteiger partial charge in [-0.1, -0.05) is 5.16 Å². The molecule has 0 fully saturated rings. The van der Waals surface area contributed by atoms with Gasteiger partial charge in [-0.25, -0.2) is 0 Å². The molecule has 3 aromatic rings. The summed E-state index contributed by atoms with van der Waals surface area (Å²) in [6, 6.07) is 10.8. The van der Waals surface area contributed by atoms with Crippen LogP contribution in [0.3, 0.4) is 0 Å². The number of nitrogens with zero attached hydrogens (tertiary/aromatic N) is 2. The Balaban J connectivity index is 1.56. The van der Waals surface area contributed by atoms with E-state index < -0.39 is 0 Å². The number of rotatable bonds is 8. The van der Waals surface area contributed by atoms with Gasteiger partial charge in [-0.05, 0) is 64.3 Å². The standard InChI is InChI=1S/C21H25N3O4/c1-14-18(15(2)28-23-14)13-27-17-9-7-16(8-10-17)21(25)22-12-19(24(3)4)20-6-5-11-26-20/h5-11,19H,12-13H2,1-4H3,(H,22,25)/t19-/m1/s1. The summed E-state index contributed by atoms with van der Waals surface area (Å²) in [6.07, 6.45) is 1.63. The summed E-state index contributed by atoms with van der Waals surface area (Å²) in [6.45, 7) is 4.56. The molecule has 1 amide bonds. The van der Waals surface area contributed by atoms with Crippen molar-refractivity contribution in [3.63, 3.8) is 0 Å². The lowest BCUT2D eigenvalue weighted by Gasteiger charge is -2.22. The van der Waals surface area contributed by atoms with Crippen molar-refractivity contribution in [2.75, 3.05) is 20.6 Å². The van der Waals surface area contributed by atoms with E-state index in [1.54, 1.807) is 30.5 Å². The third-order valence-corrected chi connectivity index (χ3v) is 4.63. The zero-order chi connectivity index (χ0) is 20.1. The first-order valence-corrected chi connectivity index (χ1v) is 9.08. The number of hydrogen-bond donors (Lipinski definition) is 1. The minimum atomic E-state index is -0.143. The molecule has 148 valence electrons. The van der Waals surface area contributed by atoms with Crippen LogP contribution in [-0.2, 0) is 6.61 Å². The Bertz CT molecular complexity index is 879. The number of aryl methyl sites for hydroxylation is 2. The maximum atomic E-state index is 12.5. The highest BCUT2D eigenvalue weighted by atomic mass is 16.5. The SMILES string of the molecule is Cc1noc(C)c1COc1ccc(C(=O)NC[C@H](c2ccco2)N(C)C)cc1. The third kappa shape index (κ3) is 4.61. The first-order valence-electron chi connectivity index (χ1n) is 9.08. The third-order valence-electron chi connectivity index (χ3n) is 4.63. The van der Waals surface area contributed by atoms with Crippen LogP contribution in [0.2, 0.25) is 0 Å². The molecule has 0 unspecified atom stereocenters. The highest BCUT2D eigenvalue weighted by Gasteiger charge is 2.18. The zero-order valence-electron chi connectivity index (χ0n) is 16.6. The van der Waals surface area contributed by atoms with E-state index in [-0.39, 0.29) is 11.9 Å². The minimum absolute atomic E-state index is 0.0309. The predicted octanol–water partition coefficient (Wildman–Crippen LogP) is 3.50. The second-order valence-corrected chi connectivity index (χ2v) is 6.82. The fraction of sp³-hybridized carbons (Fsp3) is 0.333. The van der Waals surface area contributed by atoms with Gasteiger partial charge in [0.25, 0.3) is 5.91 Å². The highest BCUT2D eigenvalue weighted by molar-refractivity contribution is 5.94. The lowest BCUT2D eigenvalue weighted by atomic mass is 10.1.